The Morgan fingerprint density at radius 3 is 2.79 bits per heavy atom. The minimum Gasteiger partial charge on any atom is -0.493 e. The van der Waals surface area contributed by atoms with Gasteiger partial charge in [-0.2, -0.15) is 0 Å². The number of anilines is 1. The molecule has 0 radical (unpaired) electrons. The Labute approximate surface area is 210 Å². The first kappa shape index (κ1) is 22.7. The van der Waals surface area contributed by atoms with Gasteiger partial charge >= 0.3 is 0 Å². The fourth-order valence-electron chi connectivity index (χ4n) is 4.91. The highest BCUT2D eigenvalue weighted by Crippen LogP contribution is 2.53. The number of nitrogens with one attached hydrogen (secondary N) is 1. The summed E-state index contributed by atoms with van der Waals surface area (Å²) in [5.74, 6) is 1.51. The molecule has 174 valence electrons. The van der Waals surface area contributed by atoms with E-state index in [1.807, 2.05) is 42.5 Å². The molecule has 8 heteroatoms. The molecule has 1 aliphatic carbocycles. The van der Waals surface area contributed by atoms with Gasteiger partial charge in [-0.3, -0.25) is 10.1 Å². The standard InChI is InChI=1S/C26H22BrClN2O4/c1-33-23-13-16(12-20(27)26(23)34-14-15-6-2-3-10-21(15)28)24-18-8-4-7-17(18)19-9-5-11-22(30(31)32)25(19)29-24/h2-7,9-13,17-18,24,29H,8,14H2,1H3/t17-,18-,24+/m1/s1. The number of hydrogen-bond acceptors (Lipinski definition) is 5. The van der Waals surface area contributed by atoms with Crippen LogP contribution in [0.2, 0.25) is 5.02 Å². The van der Waals surface area contributed by atoms with Gasteiger partial charge in [0.25, 0.3) is 5.69 Å². The second-order valence-electron chi connectivity index (χ2n) is 8.39. The highest BCUT2D eigenvalue weighted by molar-refractivity contribution is 9.10. The smallest absolute Gasteiger partial charge is 0.292 e. The molecule has 0 unspecified atom stereocenters. The number of nitrogens with zero attached hydrogens (tertiary/aromatic N) is 1. The van der Waals surface area contributed by atoms with E-state index in [1.165, 1.54) is 0 Å². The predicted molar refractivity (Wildman–Crippen MR) is 136 cm³/mol. The van der Waals surface area contributed by atoms with E-state index in [0.29, 0.717) is 28.8 Å². The predicted octanol–water partition coefficient (Wildman–Crippen LogP) is 7.42. The molecule has 0 bridgehead atoms. The second-order valence-corrected chi connectivity index (χ2v) is 9.65. The van der Waals surface area contributed by atoms with Crippen LogP contribution in [0.15, 0.2) is 71.2 Å². The van der Waals surface area contributed by atoms with E-state index in [1.54, 1.807) is 19.2 Å². The lowest BCUT2D eigenvalue weighted by atomic mass is 9.76. The van der Waals surface area contributed by atoms with Crippen LogP contribution in [0.5, 0.6) is 11.5 Å². The van der Waals surface area contributed by atoms with Crippen LogP contribution in [0.4, 0.5) is 11.4 Å². The minimum absolute atomic E-state index is 0.0898. The van der Waals surface area contributed by atoms with Crippen LogP contribution in [0, 0.1) is 16.0 Å². The van der Waals surface area contributed by atoms with Crippen molar-refractivity contribution in [2.75, 3.05) is 12.4 Å². The SMILES string of the molecule is COc1cc([C@@H]2Nc3c(cccc3[N+](=O)[O-])[C@@H]3C=CC[C@H]32)cc(Br)c1OCc1ccccc1Cl. The van der Waals surface area contributed by atoms with Crippen molar-refractivity contribution in [2.45, 2.75) is 25.0 Å². The molecule has 3 aromatic carbocycles. The maximum absolute atomic E-state index is 11.7. The van der Waals surface area contributed by atoms with E-state index in [4.69, 9.17) is 21.1 Å². The number of fused-ring (bicyclic) bond motifs is 3. The molecule has 6 nitrogen and oxygen atoms in total. The molecule has 2 aliphatic rings. The van der Waals surface area contributed by atoms with Gasteiger partial charge in [0.1, 0.15) is 12.3 Å². The van der Waals surface area contributed by atoms with Crippen molar-refractivity contribution in [2.24, 2.45) is 5.92 Å². The number of benzene rings is 3. The molecular weight excluding hydrogens is 520 g/mol. The topological polar surface area (TPSA) is 73.6 Å². The number of methoxy groups -OCH3 is 1. The van der Waals surface area contributed by atoms with Crippen LogP contribution in [-0.2, 0) is 6.61 Å². The quantitative estimate of drug-likeness (QED) is 0.200. The molecule has 0 aromatic heterocycles. The Bertz CT molecular complexity index is 1300. The van der Waals surface area contributed by atoms with Crippen LogP contribution < -0.4 is 14.8 Å². The summed E-state index contributed by atoms with van der Waals surface area (Å²) in [6, 6.07) is 16.6. The van der Waals surface area contributed by atoms with E-state index in [-0.39, 0.29) is 28.5 Å². The summed E-state index contributed by atoms with van der Waals surface area (Å²) < 4.78 is 12.5. The maximum Gasteiger partial charge on any atom is 0.292 e. The van der Waals surface area contributed by atoms with E-state index in [9.17, 15) is 10.1 Å². The number of hydrogen-bond donors (Lipinski definition) is 1. The van der Waals surface area contributed by atoms with Gasteiger partial charge in [0.2, 0.25) is 0 Å². The Kier molecular flexibility index (Phi) is 6.23. The third-order valence-electron chi connectivity index (χ3n) is 6.51. The van der Waals surface area contributed by atoms with Crippen molar-refractivity contribution >= 4 is 38.9 Å². The summed E-state index contributed by atoms with van der Waals surface area (Å²) in [6.07, 6.45) is 5.20. The monoisotopic (exact) mass is 540 g/mol. The van der Waals surface area contributed by atoms with E-state index >= 15 is 0 Å². The Morgan fingerprint density at radius 2 is 2.03 bits per heavy atom. The molecule has 0 spiro atoms. The van der Waals surface area contributed by atoms with Gasteiger partial charge in [-0.05, 0) is 57.6 Å². The Morgan fingerprint density at radius 1 is 1.21 bits per heavy atom. The molecule has 0 fully saturated rings. The summed E-state index contributed by atoms with van der Waals surface area (Å²) in [7, 11) is 1.60. The van der Waals surface area contributed by atoms with Crippen molar-refractivity contribution in [3.63, 3.8) is 0 Å². The number of nitro groups is 1. The third-order valence-corrected chi connectivity index (χ3v) is 7.47. The largest absolute Gasteiger partial charge is 0.493 e. The molecule has 3 atom stereocenters. The van der Waals surface area contributed by atoms with Crippen molar-refractivity contribution in [1.82, 2.24) is 0 Å². The van der Waals surface area contributed by atoms with E-state index < -0.39 is 0 Å². The molecule has 0 saturated heterocycles. The first-order valence-electron chi connectivity index (χ1n) is 10.9. The Hall–Kier alpha value is -3.03. The summed E-state index contributed by atoms with van der Waals surface area (Å²) in [6.45, 7) is 0.295. The molecule has 0 amide bonds. The lowest BCUT2D eigenvalue weighted by molar-refractivity contribution is -0.384. The molecule has 0 saturated carbocycles. The van der Waals surface area contributed by atoms with Gasteiger partial charge in [-0.15, -0.1) is 0 Å². The minimum atomic E-state index is -0.329. The highest BCUT2D eigenvalue weighted by Gasteiger charge is 2.40. The summed E-state index contributed by atoms with van der Waals surface area (Å²) in [4.78, 5) is 11.4. The van der Waals surface area contributed by atoms with Crippen molar-refractivity contribution in [3.8, 4) is 11.5 Å². The van der Waals surface area contributed by atoms with Crippen molar-refractivity contribution < 1.29 is 14.4 Å². The average molecular weight is 542 g/mol. The summed E-state index contributed by atoms with van der Waals surface area (Å²) >= 11 is 9.92. The van der Waals surface area contributed by atoms with Crippen LogP contribution in [0.1, 0.15) is 35.1 Å². The van der Waals surface area contributed by atoms with Gasteiger partial charge in [0, 0.05) is 22.6 Å². The van der Waals surface area contributed by atoms with Crippen LogP contribution in [0.25, 0.3) is 0 Å². The van der Waals surface area contributed by atoms with Gasteiger partial charge in [0.15, 0.2) is 11.5 Å². The van der Waals surface area contributed by atoms with Gasteiger partial charge in [-0.25, -0.2) is 0 Å². The first-order chi connectivity index (χ1) is 16.5. The zero-order chi connectivity index (χ0) is 23.8. The van der Waals surface area contributed by atoms with Gasteiger partial charge in [-0.1, -0.05) is 54.1 Å². The lowest BCUT2D eigenvalue weighted by Gasteiger charge is -2.37. The van der Waals surface area contributed by atoms with Crippen molar-refractivity contribution in [3.05, 3.63) is 103 Å². The summed E-state index contributed by atoms with van der Waals surface area (Å²) in [5, 5.41) is 15.8. The second kappa shape index (κ2) is 9.31. The first-order valence-corrected chi connectivity index (χ1v) is 12.1. The zero-order valence-electron chi connectivity index (χ0n) is 18.3. The Balaban J connectivity index is 1.50. The number of halogens is 2. The van der Waals surface area contributed by atoms with E-state index in [2.05, 4.69) is 33.4 Å². The lowest BCUT2D eigenvalue weighted by Crippen LogP contribution is -2.29. The fraction of sp³-hybridized carbons (Fsp3) is 0.231. The number of ether oxygens (including phenoxy) is 2. The average Bonchev–Trinajstić information content (AvgIpc) is 3.33. The molecule has 34 heavy (non-hydrogen) atoms. The maximum atomic E-state index is 11.7. The molecule has 5 rings (SSSR count). The third kappa shape index (κ3) is 4.03. The van der Waals surface area contributed by atoms with Crippen LogP contribution in [-0.4, -0.2) is 12.0 Å². The van der Waals surface area contributed by atoms with Crippen LogP contribution in [0.3, 0.4) is 0 Å². The number of rotatable bonds is 6. The van der Waals surface area contributed by atoms with Crippen molar-refractivity contribution in [1.29, 1.82) is 0 Å². The highest BCUT2D eigenvalue weighted by atomic mass is 79.9. The van der Waals surface area contributed by atoms with E-state index in [0.717, 1.165) is 27.6 Å². The molecule has 1 N–H and O–H groups in total. The molecular formula is C26H22BrClN2O4. The molecule has 1 heterocycles. The van der Waals surface area contributed by atoms with Crippen LogP contribution >= 0.6 is 27.5 Å². The van der Waals surface area contributed by atoms with Gasteiger partial charge in [0.05, 0.1) is 22.5 Å². The molecule has 1 aliphatic heterocycles. The molecule has 3 aromatic rings. The zero-order valence-corrected chi connectivity index (χ0v) is 20.7. The number of para-hydroxylation sites is 1. The number of allylic oxidation sites excluding steroid dienone is 2. The number of nitro benzene ring substituents is 1. The fourth-order valence-corrected chi connectivity index (χ4v) is 5.68. The summed E-state index contributed by atoms with van der Waals surface area (Å²) in [5.41, 5.74) is 3.48. The normalized spacial score (nSPS) is 20.3. The van der Waals surface area contributed by atoms with Gasteiger partial charge < -0.3 is 14.8 Å².